The van der Waals surface area contributed by atoms with Crippen molar-refractivity contribution in [3.8, 4) is 0 Å². The van der Waals surface area contributed by atoms with Crippen molar-refractivity contribution in [2.45, 2.75) is 13.8 Å². The van der Waals surface area contributed by atoms with Crippen molar-refractivity contribution in [3.05, 3.63) is 63.8 Å². The Bertz CT molecular complexity index is 1090. The molecule has 0 N–H and O–H groups in total. The Labute approximate surface area is 163 Å². The van der Waals surface area contributed by atoms with Crippen molar-refractivity contribution in [3.63, 3.8) is 0 Å². The third-order valence-electron chi connectivity index (χ3n) is 5.19. The normalized spacial score (nSPS) is 14.5. The Balaban J connectivity index is 1.57. The van der Waals surface area contributed by atoms with Crippen molar-refractivity contribution < 1.29 is 4.79 Å². The molecule has 1 aliphatic heterocycles. The maximum atomic E-state index is 13.1. The number of hydrogen-bond donors (Lipinski definition) is 0. The molecule has 7 heteroatoms. The molecule has 1 aromatic carbocycles. The second kappa shape index (κ2) is 7.07. The molecule has 7 nitrogen and oxygen atoms in total. The third kappa shape index (κ3) is 3.24. The number of rotatable bonds is 2. The van der Waals surface area contributed by atoms with Crippen LogP contribution in [-0.2, 0) is 7.05 Å². The highest BCUT2D eigenvalue weighted by atomic mass is 16.2. The molecule has 0 bridgehead atoms. The van der Waals surface area contributed by atoms with E-state index in [1.807, 2.05) is 0 Å². The van der Waals surface area contributed by atoms with Gasteiger partial charge in [-0.1, -0.05) is 6.07 Å². The molecule has 2 aromatic heterocycles. The SMILES string of the molecule is Cc1cc(C)cc(N2CCN(C(=O)c3nn(C)c(=O)c4ccncc34)CC2)c1. The van der Waals surface area contributed by atoms with Crippen molar-refractivity contribution in [1.82, 2.24) is 19.7 Å². The number of piperazine rings is 1. The average Bonchev–Trinajstić information content (AvgIpc) is 2.69. The first kappa shape index (κ1) is 18.2. The lowest BCUT2D eigenvalue weighted by molar-refractivity contribution is 0.0740. The molecule has 1 amide bonds. The first-order valence-electron chi connectivity index (χ1n) is 9.37. The number of amides is 1. The zero-order chi connectivity index (χ0) is 19.8. The van der Waals surface area contributed by atoms with Gasteiger partial charge < -0.3 is 9.80 Å². The van der Waals surface area contributed by atoms with Crippen LogP contribution < -0.4 is 10.5 Å². The minimum atomic E-state index is -0.228. The van der Waals surface area contributed by atoms with Crippen LogP contribution in [-0.4, -0.2) is 51.8 Å². The van der Waals surface area contributed by atoms with Crippen molar-refractivity contribution >= 4 is 22.4 Å². The Kier molecular flexibility index (Phi) is 4.58. The zero-order valence-electron chi connectivity index (χ0n) is 16.3. The number of aromatic nitrogens is 3. The summed E-state index contributed by atoms with van der Waals surface area (Å²) < 4.78 is 1.22. The van der Waals surface area contributed by atoms with Gasteiger partial charge in [0.25, 0.3) is 11.5 Å². The van der Waals surface area contributed by atoms with Gasteiger partial charge in [-0.3, -0.25) is 14.6 Å². The van der Waals surface area contributed by atoms with Gasteiger partial charge in [0.2, 0.25) is 0 Å². The summed E-state index contributed by atoms with van der Waals surface area (Å²) in [7, 11) is 1.57. The van der Waals surface area contributed by atoms with E-state index in [0.29, 0.717) is 23.9 Å². The summed E-state index contributed by atoms with van der Waals surface area (Å²) in [5, 5.41) is 5.21. The number of pyridine rings is 1. The smallest absolute Gasteiger partial charge is 0.275 e. The Morgan fingerprint density at radius 1 is 1.00 bits per heavy atom. The molecular weight excluding hydrogens is 354 g/mol. The Morgan fingerprint density at radius 2 is 1.68 bits per heavy atom. The van der Waals surface area contributed by atoms with Crippen LogP contribution in [0.2, 0.25) is 0 Å². The van der Waals surface area contributed by atoms with Crippen LogP contribution in [0.25, 0.3) is 10.8 Å². The van der Waals surface area contributed by atoms with Crippen molar-refractivity contribution in [2.75, 3.05) is 31.1 Å². The molecule has 0 unspecified atom stereocenters. The number of anilines is 1. The first-order chi connectivity index (χ1) is 13.4. The van der Waals surface area contributed by atoms with E-state index >= 15 is 0 Å². The van der Waals surface area contributed by atoms with Crippen LogP contribution in [0.5, 0.6) is 0 Å². The molecule has 3 heterocycles. The van der Waals surface area contributed by atoms with Gasteiger partial charge in [0.1, 0.15) is 0 Å². The monoisotopic (exact) mass is 377 g/mol. The maximum absolute atomic E-state index is 13.1. The predicted molar refractivity (Wildman–Crippen MR) is 109 cm³/mol. The van der Waals surface area contributed by atoms with E-state index in [1.54, 1.807) is 30.4 Å². The van der Waals surface area contributed by atoms with Crippen LogP contribution in [0.4, 0.5) is 5.69 Å². The molecule has 1 fully saturated rings. The number of benzene rings is 1. The molecule has 3 aromatic rings. The van der Waals surface area contributed by atoms with Crippen LogP contribution >= 0.6 is 0 Å². The summed E-state index contributed by atoms with van der Waals surface area (Å²) in [5.41, 5.74) is 3.72. The van der Waals surface area contributed by atoms with Crippen LogP contribution in [0, 0.1) is 13.8 Å². The van der Waals surface area contributed by atoms with Crippen LogP contribution in [0.15, 0.2) is 41.5 Å². The van der Waals surface area contributed by atoms with Gasteiger partial charge in [-0.05, 0) is 43.2 Å². The molecule has 0 spiro atoms. The van der Waals surface area contributed by atoms with E-state index < -0.39 is 0 Å². The third-order valence-corrected chi connectivity index (χ3v) is 5.19. The molecule has 1 saturated heterocycles. The highest BCUT2D eigenvalue weighted by Crippen LogP contribution is 2.21. The summed E-state index contributed by atoms with van der Waals surface area (Å²) in [6.45, 7) is 6.94. The fourth-order valence-corrected chi connectivity index (χ4v) is 3.80. The first-order valence-corrected chi connectivity index (χ1v) is 9.37. The summed E-state index contributed by atoms with van der Waals surface area (Å²) in [6.07, 6.45) is 3.10. The number of nitrogens with zero attached hydrogens (tertiary/aromatic N) is 5. The van der Waals surface area contributed by atoms with Gasteiger partial charge in [0.05, 0.1) is 5.39 Å². The summed E-state index contributed by atoms with van der Waals surface area (Å²) in [6, 6.07) is 8.15. The van der Waals surface area contributed by atoms with Gasteiger partial charge in [-0.15, -0.1) is 0 Å². The number of hydrogen-bond acceptors (Lipinski definition) is 5. The van der Waals surface area contributed by atoms with Gasteiger partial charge in [0, 0.05) is 56.7 Å². The zero-order valence-corrected chi connectivity index (χ0v) is 16.3. The minimum Gasteiger partial charge on any atom is -0.368 e. The fourth-order valence-electron chi connectivity index (χ4n) is 3.80. The lowest BCUT2D eigenvalue weighted by Gasteiger charge is -2.36. The van der Waals surface area contributed by atoms with Crippen LogP contribution in [0.3, 0.4) is 0 Å². The molecule has 28 heavy (non-hydrogen) atoms. The van der Waals surface area contributed by atoms with E-state index in [0.717, 1.165) is 13.1 Å². The van der Waals surface area contributed by atoms with Crippen molar-refractivity contribution in [1.29, 1.82) is 0 Å². The molecule has 4 rings (SSSR count). The standard InChI is InChI=1S/C21H23N5O2/c1-14-10-15(2)12-16(11-14)25-6-8-26(9-7-25)21(28)19-18-13-22-5-4-17(18)20(27)24(3)23-19/h4-5,10-13H,6-9H2,1-3H3. The van der Waals surface area contributed by atoms with Gasteiger partial charge in [-0.25, -0.2) is 4.68 Å². The average molecular weight is 377 g/mol. The van der Waals surface area contributed by atoms with E-state index in [4.69, 9.17) is 0 Å². The summed E-state index contributed by atoms with van der Waals surface area (Å²) in [5.74, 6) is -0.159. The van der Waals surface area contributed by atoms with E-state index in [1.165, 1.54) is 21.5 Å². The molecule has 144 valence electrons. The van der Waals surface area contributed by atoms with Gasteiger partial charge >= 0.3 is 0 Å². The molecular formula is C21H23N5O2. The largest absolute Gasteiger partial charge is 0.368 e. The summed E-state index contributed by atoms with van der Waals surface area (Å²) >= 11 is 0. The fraction of sp³-hybridized carbons (Fsp3) is 0.333. The molecule has 0 radical (unpaired) electrons. The van der Waals surface area contributed by atoms with E-state index in [2.05, 4.69) is 47.0 Å². The highest BCUT2D eigenvalue weighted by Gasteiger charge is 2.26. The molecule has 0 aliphatic carbocycles. The topological polar surface area (TPSA) is 71.3 Å². The number of aryl methyl sites for hydroxylation is 3. The lowest BCUT2D eigenvalue weighted by atomic mass is 10.1. The number of carbonyl (C=O) groups excluding carboxylic acids is 1. The van der Waals surface area contributed by atoms with Gasteiger partial charge in [-0.2, -0.15) is 5.10 Å². The minimum absolute atomic E-state index is 0.159. The Morgan fingerprint density at radius 3 is 2.36 bits per heavy atom. The highest BCUT2D eigenvalue weighted by molar-refractivity contribution is 6.04. The number of carbonyl (C=O) groups is 1. The predicted octanol–water partition coefficient (Wildman–Crippen LogP) is 1.91. The maximum Gasteiger partial charge on any atom is 0.275 e. The van der Waals surface area contributed by atoms with Crippen molar-refractivity contribution in [2.24, 2.45) is 7.05 Å². The molecule has 1 aliphatic rings. The van der Waals surface area contributed by atoms with E-state index in [9.17, 15) is 9.59 Å². The number of fused-ring (bicyclic) bond motifs is 1. The van der Waals surface area contributed by atoms with Gasteiger partial charge in [0.15, 0.2) is 5.69 Å². The molecule has 0 atom stereocenters. The van der Waals surface area contributed by atoms with E-state index in [-0.39, 0.29) is 17.2 Å². The second-order valence-corrected chi connectivity index (χ2v) is 7.32. The second-order valence-electron chi connectivity index (χ2n) is 7.32. The van der Waals surface area contributed by atoms with Crippen LogP contribution in [0.1, 0.15) is 21.6 Å². The quantitative estimate of drug-likeness (QED) is 0.682. The molecule has 0 saturated carbocycles. The summed E-state index contributed by atoms with van der Waals surface area (Å²) in [4.78, 5) is 33.6. The lowest BCUT2D eigenvalue weighted by Crippen LogP contribution is -2.49. The Hall–Kier alpha value is -3.22.